The fourth-order valence-electron chi connectivity index (χ4n) is 1.70. The van der Waals surface area contributed by atoms with Crippen molar-refractivity contribution in [2.45, 2.75) is 40.2 Å². The number of halogens is 2. The summed E-state index contributed by atoms with van der Waals surface area (Å²) in [5.41, 5.74) is 0.960. The number of amides is 2. The quantitative estimate of drug-likeness (QED) is 0.808. The molecule has 0 fully saturated rings. The minimum Gasteiger partial charge on any atom is -0.488 e. The standard InChI is InChI=1S/C16H24F2N2O2/c1-16(2,3)7-8-19-15(21)20-10-12-5-4-6-13(9-12)22-11-14(17)18/h4-6,9,14H,7-8,10-11H2,1-3H3,(H2,19,20,21). The Morgan fingerprint density at radius 1 is 1.27 bits per heavy atom. The predicted octanol–water partition coefficient (Wildman–Crippen LogP) is 3.57. The van der Waals surface area contributed by atoms with Crippen molar-refractivity contribution in [2.75, 3.05) is 13.2 Å². The SMILES string of the molecule is CC(C)(C)CCNC(=O)NCc1cccc(OCC(F)F)c1. The Morgan fingerprint density at radius 3 is 2.64 bits per heavy atom. The average Bonchev–Trinajstić information content (AvgIpc) is 2.42. The maximum atomic E-state index is 12.1. The van der Waals surface area contributed by atoms with Crippen molar-refractivity contribution in [1.82, 2.24) is 10.6 Å². The molecule has 0 bridgehead atoms. The molecule has 0 aromatic heterocycles. The van der Waals surface area contributed by atoms with E-state index in [-0.39, 0.29) is 11.4 Å². The van der Waals surface area contributed by atoms with E-state index in [2.05, 4.69) is 31.4 Å². The molecule has 1 aromatic carbocycles. The summed E-state index contributed by atoms with van der Waals surface area (Å²) in [7, 11) is 0. The van der Waals surface area contributed by atoms with Gasteiger partial charge < -0.3 is 15.4 Å². The fraction of sp³-hybridized carbons (Fsp3) is 0.562. The summed E-state index contributed by atoms with van der Waals surface area (Å²) in [4.78, 5) is 11.6. The first-order valence-corrected chi connectivity index (χ1v) is 7.28. The Kier molecular flexibility index (Phi) is 7.08. The lowest BCUT2D eigenvalue weighted by Gasteiger charge is -2.18. The molecule has 0 spiro atoms. The molecule has 0 radical (unpaired) electrons. The van der Waals surface area contributed by atoms with Gasteiger partial charge in [-0.15, -0.1) is 0 Å². The van der Waals surface area contributed by atoms with E-state index in [0.717, 1.165) is 12.0 Å². The van der Waals surface area contributed by atoms with E-state index < -0.39 is 13.0 Å². The normalized spacial score (nSPS) is 11.4. The molecule has 2 amide bonds. The Balaban J connectivity index is 2.34. The third kappa shape index (κ3) is 8.44. The van der Waals surface area contributed by atoms with Crippen LogP contribution in [0.5, 0.6) is 5.75 Å². The number of hydrogen-bond acceptors (Lipinski definition) is 2. The average molecular weight is 314 g/mol. The van der Waals surface area contributed by atoms with Crippen molar-refractivity contribution in [3.8, 4) is 5.75 Å². The number of nitrogens with one attached hydrogen (secondary N) is 2. The minimum absolute atomic E-state index is 0.170. The third-order valence-corrected chi connectivity index (χ3v) is 2.89. The first-order chi connectivity index (χ1) is 10.3. The molecule has 0 aliphatic carbocycles. The summed E-state index contributed by atoms with van der Waals surface area (Å²) < 4.78 is 29.1. The van der Waals surface area contributed by atoms with E-state index in [1.807, 2.05) is 0 Å². The van der Waals surface area contributed by atoms with Gasteiger partial charge in [-0.3, -0.25) is 0 Å². The zero-order valence-electron chi connectivity index (χ0n) is 13.3. The van der Waals surface area contributed by atoms with Crippen LogP contribution in [0.3, 0.4) is 0 Å². The van der Waals surface area contributed by atoms with Crippen molar-refractivity contribution < 1.29 is 18.3 Å². The van der Waals surface area contributed by atoms with Crippen molar-refractivity contribution in [1.29, 1.82) is 0 Å². The lowest BCUT2D eigenvalue weighted by Crippen LogP contribution is -2.36. The zero-order valence-corrected chi connectivity index (χ0v) is 13.3. The molecule has 1 rings (SSSR count). The molecule has 0 aliphatic rings. The number of rotatable bonds is 7. The van der Waals surface area contributed by atoms with E-state index in [1.54, 1.807) is 24.3 Å². The van der Waals surface area contributed by atoms with Crippen LogP contribution in [0.1, 0.15) is 32.8 Å². The molecule has 124 valence electrons. The smallest absolute Gasteiger partial charge is 0.315 e. The van der Waals surface area contributed by atoms with Gasteiger partial charge in [-0.25, -0.2) is 13.6 Å². The summed E-state index contributed by atoms with van der Waals surface area (Å²) in [6, 6.07) is 6.50. The van der Waals surface area contributed by atoms with Gasteiger partial charge in [-0.2, -0.15) is 0 Å². The van der Waals surface area contributed by atoms with Gasteiger partial charge in [0.05, 0.1) is 0 Å². The predicted molar refractivity (Wildman–Crippen MR) is 82.3 cm³/mol. The molecule has 1 aromatic rings. The molecule has 4 nitrogen and oxygen atoms in total. The molecule has 0 heterocycles. The highest BCUT2D eigenvalue weighted by Crippen LogP contribution is 2.17. The summed E-state index contributed by atoms with van der Waals surface area (Å²) in [6.45, 7) is 6.61. The highest BCUT2D eigenvalue weighted by atomic mass is 19.3. The molecule has 6 heteroatoms. The first-order valence-electron chi connectivity index (χ1n) is 7.28. The molecule has 0 unspecified atom stereocenters. The van der Waals surface area contributed by atoms with Gasteiger partial charge in [0, 0.05) is 13.1 Å². The number of carbonyl (C=O) groups is 1. The van der Waals surface area contributed by atoms with Gasteiger partial charge in [0.1, 0.15) is 12.4 Å². The Hall–Kier alpha value is -1.85. The summed E-state index contributed by atoms with van der Waals surface area (Å²) in [5, 5.41) is 5.51. The van der Waals surface area contributed by atoms with Crippen molar-refractivity contribution >= 4 is 6.03 Å². The van der Waals surface area contributed by atoms with Crippen LogP contribution in [0.15, 0.2) is 24.3 Å². The zero-order chi connectivity index (χ0) is 16.6. The Labute approximate surface area is 130 Å². The largest absolute Gasteiger partial charge is 0.488 e. The number of urea groups is 1. The lowest BCUT2D eigenvalue weighted by molar-refractivity contribution is 0.0818. The minimum atomic E-state index is -2.50. The molecular weight excluding hydrogens is 290 g/mol. The van der Waals surface area contributed by atoms with Crippen LogP contribution in [0.2, 0.25) is 0 Å². The highest BCUT2D eigenvalue weighted by Gasteiger charge is 2.10. The van der Waals surface area contributed by atoms with E-state index in [1.165, 1.54) is 0 Å². The summed E-state index contributed by atoms with van der Waals surface area (Å²) in [6.07, 6.45) is -1.62. The maximum absolute atomic E-state index is 12.1. The number of benzene rings is 1. The van der Waals surface area contributed by atoms with Gasteiger partial charge in [-0.05, 0) is 29.5 Å². The first kappa shape index (κ1) is 18.2. The monoisotopic (exact) mass is 314 g/mol. The topological polar surface area (TPSA) is 50.4 Å². The van der Waals surface area contributed by atoms with Crippen molar-refractivity contribution in [3.63, 3.8) is 0 Å². The van der Waals surface area contributed by atoms with Gasteiger partial charge >= 0.3 is 6.03 Å². The van der Waals surface area contributed by atoms with Crippen LogP contribution in [0.4, 0.5) is 13.6 Å². The van der Waals surface area contributed by atoms with Crippen LogP contribution < -0.4 is 15.4 Å². The van der Waals surface area contributed by atoms with E-state index in [4.69, 9.17) is 4.74 Å². The number of alkyl halides is 2. The molecule has 0 saturated carbocycles. The van der Waals surface area contributed by atoms with Gasteiger partial charge in [0.2, 0.25) is 0 Å². The second-order valence-corrected chi connectivity index (χ2v) is 6.27. The lowest BCUT2D eigenvalue weighted by atomic mass is 9.92. The Morgan fingerprint density at radius 2 is 2.00 bits per heavy atom. The summed E-state index contributed by atoms with van der Waals surface area (Å²) >= 11 is 0. The molecule has 2 N–H and O–H groups in total. The van der Waals surface area contributed by atoms with Gasteiger partial charge in [-0.1, -0.05) is 32.9 Å². The van der Waals surface area contributed by atoms with Crippen molar-refractivity contribution in [2.24, 2.45) is 5.41 Å². The number of carbonyl (C=O) groups excluding carboxylic acids is 1. The second kappa shape index (κ2) is 8.56. The van der Waals surface area contributed by atoms with Crippen LogP contribution in [0.25, 0.3) is 0 Å². The fourth-order valence-corrected chi connectivity index (χ4v) is 1.70. The van der Waals surface area contributed by atoms with E-state index >= 15 is 0 Å². The van der Waals surface area contributed by atoms with Crippen LogP contribution in [0, 0.1) is 5.41 Å². The van der Waals surface area contributed by atoms with E-state index in [0.29, 0.717) is 18.8 Å². The number of hydrogen-bond donors (Lipinski definition) is 2. The van der Waals surface area contributed by atoms with Crippen LogP contribution in [-0.4, -0.2) is 25.6 Å². The highest BCUT2D eigenvalue weighted by molar-refractivity contribution is 5.73. The summed E-state index contributed by atoms with van der Waals surface area (Å²) in [5.74, 6) is 0.368. The molecule has 22 heavy (non-hydrogen) atoms. The molecule has 0 atom stereocenters. The van der Waals surface area contributed by atoms with Gasteiger partial charge in [0.15, 0.2) is 0 Å². The molecule has 0 saturated heterocycles. The van der Waals surface area contributed by atoms with Crippen LogP contribution >= 0.6 is 0 Å². The molecular formula is C16H24F2N2O2. The Bertz CT molecular complexity index is 473. The third-order valence-electron chi connectivity index (χ3n) is 2.89. The molecule has 0 aliphatic heterocycles. The maximum Gasteiger partial charge on any atom is 0.315 e. The van der Waals surface area contributed by atoms with E-state index in [9.17, 15) is 13.6 Å². The number of ether oxygens (including phenoxy) is 1. The van der Waals surface area contributed by atoms with Crippen molar-refractivity contribution in [3.05, 3.63) is 29.8 Å². The van der Waals surface area contributed by atoms with Crippen LogP contribution in [-0.2, 0) is 6.54 Å². The second-order valence-electron chi connectivity index (χ2n) is 6.27. The van der Waals surface area contributed by atoms with Gasteiger partial charge in [0.25, 0.3) is 6.43 Å².